The van der Waals surface area contributed by atoms with E-state index in [1.54, 1.807) is 11.7 Å². The van der Waals surface area contributed by atoms with Crippen LogP contribution >= 0.6 is 0 Å². The third-order valence-electron chi connectivity index (χ3n) is 9.83. The summed E-state index contributed by atoms with van der Waals surface area (Å²) in [5, 5.41) is 13.4. The van der Waals surface area contributed by atoms with Crippen molar-refractivity contribution in [2.24, 2.45) is 17.8 Å². The fraction of sp³-hybridized carbons (Fsp3) is 0.543. The molecule has 6 rings (SSSR count). The van der Waals surface area contributed by atoms with Gasteiger partial charge in [-0.1, -0.05) is 18.2 Å². The van der Waals surface area contributed by atoms with Crippen LogP contribution in [-0.4, -0.2) is 100 Å². The van der Waals surface area contributed by atoms with Gasteiger partial charge in [-0.25, -0.2) is 9.59 Å². The molecule has 1 aliphatic carbocycles. The highest BCUT2D eigenvalue weighted by Gasteiger charge is 2.46. The van der Waals surface area contributed by atoms with Gasteiger partial charge in [0.2, 0.25) is 5.82 Å². The van der Waals surface area contributed by atoms with Gasteiger partial charge in [0.25, 0.3) is 0 Å². The van der Waals surface area contributed by atoms with E-state index in [1.807, 2.05) is 61.5 Å². The first kappa shape index (κ1) is 33.4. The lowest BCUT2D eigenvalue weighted by atomic mass is 9.69. The summed E-state index contributed by atoms with van der Waals surface area (Å²) in [7, 11) is 1.34. The molecule has 3 heterocycles. The fourth-order valence-electron chi connectivity index (χ4n) is 7.55. The van der Waals surface area contributed by atoms with Gasteiger partial charge in [0.1, 0.15) is 23.6 Å². The lowest BCUT2D eigenvalue weighted by molar-refractivity contribution is -0.153. The summed E-state index contributed by atoms with van der Waals surface area (Å²) in [6.07, 6.45) is 3.38. The van der Waals surface area contributed by atoms with Crippen LogP contribution in [0.15, 0.2) is 54.6 Å². The zero-order valence-corrected chi connectivity index (χ0v) is 27.8. The number of methoxy groups -OCH3 is 1. The number of carbonyl (C=O) groups excluding carboxylic acids is 3. The summed E-state index contributed by atoms with van der Waals surface area (Å²) in [6, 6.07) is 15.9. The third-order valence-corrected chi connectivity index (χ3v) is 9.83. The van der Waals surface area contributed by atoms with E-state index >= 15 is 0 Å². The van der Waals surface area contributed by atoms with Crippen molar-refractivity contribution in [2.75, 3.05) is 40.0 Å². The number of ether oxygens (including phenoxy) is 4. The normalized spacial score (nSPS) is 25.6. The predicted octanol–water partition coefficient (Wildman–Crippen LogP) is 4.75. The lowest BCUT2D eigenvalue weighted by Gasteiger charge is -2.46. The van der Waals surface area contributed by atoms with Crippen molar-refractivity contribution in [2.45, 2.75) is 64.1 Å². The molecular weight excluding hydrogens is 616 g/mol. The molecule has 1 saturated carbocycles. The fourth-order valence-corrected chi connectivity index (χ4v) is 7.55. The molecule has 13 nitrogen and oxygen atoms in total. The van der Waals surface area contributed by atoms with E-state index in [0.29, 0.717) is 50.0 Å². The number of para-hydroxylation sites is 1. The minimum absolute atomic E-state index is 0.144. The van der Waals surface area contributed by atoms with Crippen LogP contribution in [0.4, 0.5) is 4.79 Å². The smallest absolute Gasteiger partial charge is 0.410 e. The largest absolute Gasteiger partial charge is 0.465 e. The van der Waals surface area contributed by atoms with Gasteiger partial charge in [-0.05, 0) is 105 Å². The van der Waals surface area contributed by atoms with Crippen molar-refractivity contribution >= 4 is 18.0 Å². The van der Waals surface area contributed by atoms with E-state index in [9.17, 15) is 14.4 Å². The summed E-state index contributed by atoms with van der Waals surface area (Å²) < 4.78 is 21.7. The number of tetrazole rings is 1. The summed E-state index contributed by atoms with van der Waals surface area (Å²) in [5.41, 5.74) is 0.814. The van der Waals surface area contributed by atoms with Crippen LogP contribution in [0, 0.1) is 17.8 Å². The topological polar surface area (TPSA) is 138 Å². The van der Waals surface area contributed by atoms with Gasteiger partial charge in [0.15, 0.2) is 0 Å². The van der Waals surface area contributed by atoms with E-state index in [-0.39, 0.29) is 36.4 Å². The van der Waals surface area contributed by atoms with Crippen LogP contribution in [-0.2, 0) is 23.8 Å². The third kappa shape index (κ3) is 7.46. The van der Waals surface area contributed by atoms with Crippen molar-refractivity contribution in [3.63, 3.8) is 0 Å². The Hall–Kier alpha value is -4.52. The molecule has 2 aromatic carbocycles. The van der Waals surface area contributed by atoms with Gasteiger partial charge in [-0.3, -0.25) is 14.6 Å². The summed E-state index contributed by atoms with van der Waals surface area (Å²) in [4.78, 5) is 43.9. The van der Waals surface area contributed by atoms with Crippen LogP contribution in [0.25, 0.3) is 11.4 Å². The molecule has 0 bridgehead atoms. The Labute approximate surface area is 280 Å². The number of amides is 1. The number of aromatic nitrogens is 4. The van der Waals surface area contributed by atoms with Gasteiger partial charge in [-0.2, -0.15) is 4.80 Å². The molecule has 256 valence electrons. The van der Waals surface area contributed by atoms with E-state index < -0.39 is 18.2 Å². The Morgan fingerprint density at radius 2 is 1.52 bits per heavy atom. The molecule has 2 aliphatic heterocycles. The number of likely N-dealkylation sites (tertiary alicyclic amines) is 2. The Morgan fingerprint density at radius 1 is 0.812 bits per heavy atom. The maximum atomic E-state index is 13.2. The summed E-state index contributed by atoms with van der Waals surface area (Å²) >= 11 is 0. The maximum Gasteiger partial charge on any atom is 0.410 e. The predicted molar refractivity (Wildman–Crippen MR) is 174 cm³/mol. The molecular formula is C35H44N6O7. The van der Waals surface area contributed by atoms with Gasteiger partial charge >= 0.3 is 18.0 Å². The van der Waals surface area contributed by atoms with E-state index in [2.05, 4.69) is 15.2 Å². The van der Waals surface area contributed by atoms with Crippen molar-refractivity contribution in [1.82, 2.24) is 30.0 Å². The number of esters is 2. The zero-order chi connectivity index (χ0) is 33.6. The molecule has 1 aromatic heterocycles. The number of hydrogen-bond donors (Lipinski definition) is 0. The monoisotopic (exact) mass is 660 g/mol. The van der Waals surface area contributed by atoms with Crippen molar-refractivity contribution in [1.29, 1.82) is 0 Å². The molecule has 3 aromatic rings. The molecule has 6 atom stereocenters. The number of nitrogens with zero attached hydrogens (tertiary/aromatic N) is 6. The quantitative estimate of drug-likeness (QED) is 0.220. The minimum atomic E-state index is -0.652. The van der Waals surface area contributed by atoms with Gasteiger partial charge < -0.3 is 18.9 Å². The molecule has 6 unspecified atom stereocenters. The van der Waals surface area contributed by atoms with Crippen molar-refractivity contribution in [3.8, 4) is 22.9 Å². The highest BCUT2D eigenvalue weighted by Crippen LogP contribution is 2.43. The first-order valence-corrected chi connectivity index (χ1v) is 16.9. The van der Waals surface area contributed by atoms with Crippen LogP contribution in [0.5, 0.6) is 11.5 Å². The summed E-state index contributed by atoms with van der Waals surface area (Å²) in [6.45, 7) is 5.94. The Bertz CT molecular complexity index is 1550. The number of carbonyl (C=O) groups is 3. The van der Waals surface area contributed by atoms with Crippen molar-refractivity contribution in [3.05, 3.63) is 54.6 Å². The Balaban J connectivity index is 1.11. The SMILES string of the molecule is CCOC(=O)C1CC(n2nnc(-c3ccc(Oc4ccccc4)cc3)n2)CN1CC1CCC2CN(C(=O)OC)C(C(=O)OCC)CC2C1. The van der Waals surface area contributed by atoms with E-state index in [4.69, 9.17) is 24.0 Å². The molecule has 0 spiro atoms. The molecule has 1 amide bonds. The van der Waals surface area contributed by atoms with Crippen molar-refractivity contribution < 1.29 is 33.3 Å². The van der Waals surface area contributed by atoms with E-state index in [0.717, 1.165) is 37.1 Å². The second-order valence-corrected chi connectivity index (χ2v) is 12.8. The van der Waals surface area contributed by atoms with Crippen LogP contribution < -0.4 is 4.74 Å². The maximum absolute atomic E-state index is 13.2. The molecule has 48 heavy (non-hydrogen) atoms. The zero-order valence-electron chi connectivity index (χ0n) is 27.8. The Kier molecular flexibility index (Phi) is 10.5. The molecule has 2 saturated heterocycles. The van der Waals surface area contributed by atoms with E-state index in [1.165, 1.54) is 12.0 Å². The molecule has 3 aliphatic rings. The molecule has 0 N–H and O–H groups in total. The average molecular weight is 661 g/mol. The highest BCUT2D eigenvalue weighted by molar-refractivity contribution is 5.81. The number of fused-ring (bicyclic) bond motifs is 1. The number of hydrogen-bond acceptors (Lipinski definition) is 11. The first-order valence-electron chi connectivity index (χ1n) is 16.9. The van der Waals surface area contributed by atoms with Gasteiger partial charge in [0.05, 0.1) is 26.4 Å². The van der Waals surface area contributed by atoms with Gasteiger partial charge in [-0.15, -0.1) is 10.2 Å². The standard InChI is InChI=1S/C35H44N6O7/c1-4-46-33(42)30-19-27(41-37-32(36-38-41)24-13-15-29(16-14-24)48-28-9-7-6-8-10-28)22-39(30)20-23-11-12-25-21-40(35(44)45-3)31(18-26(25)17-23)34(43)47-5-2/h6-10,13-16,23,25-27,30-31H,4-5,11-12,17-22H2,1-3H3. The lowest BCUT2D eigenvalue weighted by Crippen LogP contribution is -2.55. The number of benzene rings is 2. The minimum Gasteiger partial charge on any atom is -0.465 e. The highest BCUT2D eigenvalue weighted by atomic mass is 16.6. The Morgan fingerprint density at radius 3 is 2.23 bits per heavy atom. The molecule has 3 fully saturated rings. The average Bonchev–Trinajstić information content (AvgIpc) is 3.76. The van der Waals surface area contributed by atoms with Crippen LogP contribution in [0.2, 0.25) is 0 Å². The molecule has 13 heteroatoms. The first-order chi connectivity index (χ1) is 23.4. The second kappa shape index (κ2) is 15.1. The number of piperidine rings is 1. The second-order valence-electron chi connectivity index (χ2n) is 12.8. The number of rotatable bonds is 10. The van der Waals surface area contributed by atoms with Crippen LogP contribution in [0.1, 0.15) is 52.0 Å². The van der Waals surface area contributed by atoms with Crippen LogP contribution in [0.3, 0.4) is 0 Å². The molecule has 0 radical (unpaired) electrons. The summed E-state index contributed by atoms with van der Waals surface area (Å²) in [5.74, 6) is 2.22. The van der Waals surface area contributed by atoms with Gasteiger partial charge in [0, 0.05) is 25.2 Å².